The third-order valence-corrected chi connectivity index (χ3v) is 5.41. The van der Waals surface area contributed by atoms with Crippen molar-refractivity contribution >= 4 is 34.8 Å². The number of amides is 1. The second-order valence-corrected chi connectivity index (χ2v) is 8.08. The number of aliphatic hydroxyl groups is 1. The fourth-order valence-corrected chi connectivity index (χ4v) is 3.66. The Morgan fingerprint density at radius 1 is 1.16 bits per heavy atom. The molecule has 2 aromatic carbocycles. The molecule has 0 aliphatic carbocycles. The van der Waals surface area contributed by atoms with E-state index in [1.165, 1.54) is 14.0 Å². The molecule has 0 heterocycles. The van der Waals surface area contributed by atoms with Crippen molar-refractivity contribution in [1.82, 2.24) is 10.6 Å². The Balaban J connectivity index is 1.92. The lowest BCUT2D eigenvalue weighted by Gasteiger charge is -2.22. The molecule has 5 N–H and O–H groups in total. The number of aliphatic hydroxyl groups excluding tert-OH is 1. The van der Waals surface area contributed by atoms with Gasteiger partial charge in [0.15, 0.2) is 0 Å². The van der Waals surface area contributed by atoms with E-state index in [1.807, 2.05) is 19.1 Å². The van der Waals surface area contributed by atoms with Crippen LogP contribution in [0, 0.1) is 0 Å². The third-order valence-electron chi connectivity index (χ3n) is 4.82. The van der Waals surface area contributed by atoms with Crippen LogP contribution in [-0.2, 0) is 16.0 Å². The van der Waals surface area contributed by atoms with Gasteiger partial charge in [-0.3, -0.25) is 4.79 Å². The van der Waals surface area contributed by atoms with E-state index >= 15 is 0 Å². The Bertz CT molecular complexity index is 841. The number of methoxy groups -OCH3 is 1. The van der Waals surface area contributed by atoms with Crippen LogP contribution >= 0.6 is 23.2 Å². The normalized spacial score (nSPS) is 14.0. The molecule has 7 nitrogen and oxygen atoms in total. The standard InChI is InChI=1S/C22H29Cl2N3O4/c1-13(22(30)16-4-6-17(29)7-5-16)25-9-8-15-10-18(23)21(19(24)11-15)27-20(31-3)12-26-14(2)28/h4-7,10-11,13,20,22,25,27,29-30H,8-9,12H2,1-3H3,(H,26,28)/t13-,20?,22-/m0/s1. The van der Waals surface area contributed by atoms with Gasteiger partial charge in [-0.05, 0) is 55.3 Å². The summed E-state index contributed by atoms with van der Waals surface area (Å²) >= 11 is 12.8. The molecule has 1 unspecified atom stereocenters. The van der Waals surface area contributed by atoms with Gasteiger partial charge in [0.05, 0.1) is 28.4 Å². The molecule has 31 heavy (non-hydrogen) atoms. The first kappa shape index (κ1) is 25.2. The zero-order chi connectivity index (χ0) is 23.0. The highest BCUT2D eigenvalue weighted by Gasteiger charge is 2.17. The molecule has 0 saturated carbocycles. The molecule has 0 aromatic heterocycles. The second-order valence-electron chi connectivity index (χ2n) is 7.27. The molecule has 170 valence electrons. The molecule has 9 heteroatoms. The number of anilines is 1. The maximum absolute atomic E-state index is 11.1. The molecule has 0 aliphatic rings. The number of halogens is 2. The zero-order valence-electron chi connectivity index (χ0n) is 17.8. The molecular formula is C22H29Cl2N3O4. The number of carbonyl (C=O) groups excluding carboxylic acids is 1. The summed E-state index contributed by atoms with van der Waals surface area (Å²) in [5.41, 5.74) is 2.20. The lowest BCUT2D eigenvalue weighted by Crippen LogP contribution is -2.36. The van der Waals surface area contributed by atoms with Crippen molar-refractivity contribution in [2.24, 2.45) is 0 Å². The summed E-state index contributed by atoms with van der Waals surface area (Å²) in [5.74, 6) is 0.00356. The monoisotopic (exact) mass is 469 g/mol. The van der Waals surface area contributed by atoms with Gasteiger partial charge in [-0.25, -0.2) is 0 Å². The number of aromatic hydroxyl groups is 1. The summed E-state index contributed by atoms with van der Waals surface area (Å²) in [5, 5.41) is 29.8. The number of nitrogens with one attached hydrogen (secondary N) is 3. The second kappa shape index (κ2) is 12.1. The van der Waals surface area contributed by atoms with Gasteiger partial charge in [0, 0.05) is 20.1 Å². The Kier molecular flexibility index (Phi) is 9.87. The number of phenolic OH excluding ortho intramolecular Hbond substituents is 1. The minimum Gasteiger partial charge on any atom is -0.508 e. The third kappa shape index (κ3) is 7.87. The van der Waals surface area contributed by atoms with Crippen molar-refractivity contribution in [3.63, 3.8) is 0 Å². The summed E-state index contributed by atoms with van der Waals surface area (Å²) in [7, 11) is 1.52. The topological polar surface area (TPSA) is 103 Å². The first-order valence-corrected chi connectivity index (χ1v) is 10.7. The van der Waals surface area contributed by atoms with E-state index < -0.39 is 12.3 Å². The zero-order valence-corrected chi connectivity index (χ0v) is 19.3. The highest BCUT2D eigenvalue weighted by Crippen LogP contribution is 2.32. The van der Waals surface area contributed by atoms with E-state index in [0.717, 1.165) is 11.1 Å². The largest absolute Gasteiger partial charge is 0.508 e. The van der Waals surface area contributed by atoms with Crippen LogP contribution < -0.4 is 16.0 Å². The van der Waals surface area contributed by atoms with Gasteiger partial charge in [0.25, 0.3) is 0 Å². The van der Waals surface area contributed by atoms with Crippen molar-refractivity contribution in [3.8, 4) is 5.75 Å². The molecule has 0 spiro atoms. The van der Waals surface area contributed by atoms with Crippen LogP contribution in [0.2, 0.25) is 10.0 Å². The minimum absolute atomic E-state index is 0.159. The van der Waals surface area contributed by atoms with Crippen LogP contribution in [-0.4, -0.2) is 48.6 Å². The van der Waals surface area contributed by atoms with Crippen LogP contribution in [0.1, 0.15) is 31.1 Å². The average Bonchev–Trinajstić information content (AvgIpc) is 2.72. The predicted molar refractivity (Wildman–Crippen MR) is 124 cm³/mol. The van der Waals surface area contributed by atoms with Crippen LogP contribution in [0.4, 0.5) is 5.69 Å². The summed E-state index contributed by atoms with van der Waals surface area (Å²) in [4.78, 5) is 11.1. The first-order valence-electron chi connectivity index (χ1n) is 9.93. The lowest BCUT2D eigenvalue weighted by molar-refractivity contribution is -0.119. The van der Waals surface area contributed by atoms with Crippen molar-refractivity contribution in [2.45, 2.75) is 38.6 Å². The molecule has 0 radical (unpaired) electrons. The van der Waals surface area contributed by atoms with Gasteiger partial charge in [-0.2, -0.15) is 0 Å². The number of benzene rings is 2. The quantitative estimate of drug-likeness (QED) is 0.323. The molecule has 0 saturated heterocycles. The van der Waals surface area contributed by atoms with E-state index in [1.54, 1.807) is 24.3 Å². The highest BCUT2D eigenvalue weighted by molar-refractivity contribution is 6.39. The SMILES string of the molecule is COC(CNC(C)=O)Nc1c(Cl)cc(CCN[C@@H](C)[C@H](O)c2ccc(O)cc2)cc1Cl. The molecule has 0 fully saturated rings. The maximum Gasteiger partial charge on any atom is 0.217 e. The smallest absolute Gasteiger partial charge is 0.217 e. The Morgan fingerprint density at radius 3 is 2.32 bits per heavy atom. The summed E-state index contributed by atoms with van der Waals surface area (Å²) < 4.78 is 5.31. The number of hydrogen-bond acceptors (Lipinski definition) is 6. The van der Waals surface area contributed by atoms with Crippen molar-refractivity contribution in [2.75, 3.05) is 25.5 Å². The van der Waals surface area contributed by atoms with Crippen LogP contribution in [0.3, 0.4) is 0 Å². The number of phenols is 1. The summed E-state index contributed by atoms with van der Waals surface area (Å²) in [6.45, 7) is 4.20. The van der Waals surface area contributed by atoms with Gasteiger partial charge in [0.2, 0.25) is 5.91 Å². The first-order chi connectivity index (χ1) is 14.7. The average molecular weight is 470 g/mol. The van der Waals surface area contributed by atoms with Crippen LogP contribution in [0.15, 0.2) is 36.4 Å². The van der Waals surface area contributed by atoms with Gasteiger partial charge in [-0.1, -0.05) is 35.3 Å². The molecule has 2 aromatic rings. The van der Waals surface area contributed by atoms with E-state index in [4.69, 9.17) is 27.9 Å². The lowest BCUT2D eigenvalue weighted by atomic mass is 10.0. The van der Waals surface area contributed by atoms with Gasteiger partial charge in [-0.15, -0.1) is 0 Å². The summed E-state index contributed by atoms with van der Waals surface area (Å²) in [6, 6.07) is 9.95. The number of rotatable bonds is 11. The molecule has 2 rings (SSSR count). The predicted octanol–water partition coefficient (Wildman–Crippen LogP) is 3.47. The Morgan fingerprint density at radius 2 is 1.77 bits per heavy atom. The number of hydrogen-bond donors (Lipinski definition) is 5. The van der Waals surface area contributed by atoms with Crippen LogP contribution in [0.25, 0.3) is 0 Å². The number of ether oxygens (including phenoxy) is 1. The van der Waals surface area contributed by atoms with Gasteiger partial charge in [0.1, 0.15) is 12.0 Å². The molecular weight excluding hydrogens is 441 g/mol. The van der Waals surface area contributed by atoms with Gasteiger partial charge >= 0.3 is 0 Å². The Labute approximate surface area is 192 Å². The highest BCUT2D eigenvalue weighted by atomic mass is 35.5. The van der Waals surface area contributed by atoms with E-state index in [2.05, 4.69) is 16.0 Å². The molecule has 0 bridgehead atoms. The van der Waals surface area contributed by atoms with E-state index in [9.17, 15) is 15.0 Å². The van der Waals surface area contributed by atoms with Crippen molar-refractivity contribution in [1.29, 1.82) is 0 Å². The minimum atomic E-state index is -0.700. The summed E-state index contributed by atoms with van der Waals surface area (Å²) in [6.07, 6.45) is -0.519. The van der Waals surface area contributed by atoms with Gasteiger partial charge < -0.3 is 30.9 Å². The number of carbonyl (C=O) groups is 1. The van der Waals surface area contributed by atoms with E-state index in [-0.39, 0.29) is 24.2 Å². The van der Waals surface area contributed by atoms with E-state index in [0.29, 0.717) is 28.7 Å². The molecule has 1 amide bonds. The van der Waals surface area contributed by atoms with Crippen molar-refractivity contribution in [3.05, 3.63) is 57.6 Å². The Hall–Kier alpha value is -2.03. The van der Waals surface area contributed by atoms with Crippen LogP contribution in [0.5, 0.6) is 5.75 Å². The fourth-order valence-electron chi connectivity index (χ4n) is 3.01. The fraction of sp³-hybridized carbons (Fsp3) is 0.409. The molecule has 3 atom stereocenters. The van der Waals surface area contributed by atoms with Crippen molar-refractivity contribution < 1.29 is 19.7 Å². The maximum atomic E-state index is 11.1. The molecule has 0 aliphatic heterocycles.